The highest BCUT2D eigenvalue weighted by Crippen LogP contribution is 2.15. The van der Waals surface area contributed by atoms with Gasteiger partial charge >= 0.3 is 0 Å². The van der Waals surface area contributed by atoms with E-state index in [4.69, 9.17) is 5.26 Å². The molecule has 1 aromatic carbocycles. The molecular weight excluding hydrogens is 288 g/mol. The van der Waals surface area contributed by atoms with Crippen LogP contribution in [0.3, 0.4) is 0 Å². The van der Waals surface area contributed by atoms with Gasteiger partial charge < -0.3 is 4.90 Å². The predicted molar refractivity (Wildman–Crippen MR) is 82.7 cm³/mol. The van der Waals surface area contributed by atoms with Crippen LogP contribution < -0.4 is 4.72 Å². The summed E-state index contributed by atoms with van der Waals surface area (Å²) in [4.78, 5) is 1.93. The zero-order valence-electron chi connectivity index (χ0n) is 12.7. The molecule has 0 amide bonds. The number of nitrogens with zero attached hydrogens (tertiary/aromatic N) is 3. The van der Waals surface area contributed by atoms with Gasteiger partial charge in [-0.25, -0.2) is 0 Å². The maximum Gasteiger partial charge on any atom is 0.279 e. The lowest BCUT2D eigenvalue weighted by Gasteiger charge is -2.25. The molecule has 0 spiro atoms. The Hall–Kier alpha value is -1.46. The minimum absolute atomic E-state index is 0.168. The highest BCUT2D eigenvalue weighted by molar-refractivity contribution is 7.87. The average molecular weight is 310 g/mol. The number of hydrogen-bond acceptors (Lipinski definition) is 4. The molecule has 0 radical (unpaired) electrons. The molecule has 0 fully saturated rings. The number of nitriles is 1. The fraction of sp³-hybridized carbons (Fsp3) is 0.500. The number of benzene rings is 1. The van der Waals surface area contributed by atoms with E-state index in [1.54, 1.807) is 0 Å². The second kappa shape index (κ2) is 8.10. The summed E-state index contributed by atoms with van der Waals surface area (Å²) in [5.41, 5.74) is 0.906. The molecule has 1 unspecified atom stereocenters. The average Bonchev–Trinajstić information content (AvgIpc) is 2.44. The van der Waals surface area contributed by atoms with Gasteiger partial charge in [0.05, 0.1) is 12.1 Å². The Morgan fingerprint density at radius 1 is 1.24 bits per heavy atom. The summed E-state index contributed by atoms with van der Waals surface area (Å²) in [5, 5.41) is 8.56. The van der Waals surface area contributed by atoms with Crippen LogP contribution >= 0.6 is 0 Å². The van der Waals surface area contributed by atoms with Crippen molar-refractivity contribution >= 4 is 10.2 Å². The smallest absolute Gasteiger partial charge is 0.279 e. The van der Waals surface area contributed by atoms with Crippen molar-refractivity contribution in [1.29, 1.82) is 5.26 Å². The van der Waals surface area contributed by atoms with E-state index < -0.39 is 10.2 Å². The molecule has 0 aliphatic heterocycles. The first kappa shape index (κ1) is 17.6. The van der Waals surface area contributed by atoms with E-state index in [9.17, 15) is 8.42 Å². The Bertz CT molecular complexity index is 566. The molecule has 1 aromatic rings. The van der Waals surface area contributed by atoms with Crippen LogP contribution in [0.4, 0.5) is 0 Å². The largest absolute Gasteiger partial charge is 0.307 e. The van der Waals surface area contributed by atoms with Crippen molar-refractivity contribution < 1.29 is 8.42 Å². The lowest BCUT2D eigenvalue weighted by atomic mass is 10.1. The van der Waals surface area contributed by atoms with Gasteiger partial charge in [0.25, 0.3) is 10.2 Å². The lowest BCUT2D eigenvalue weighted by Crippen LogP contribution is -2.43. The zero-order valence-corrected chi connectivity index (χ0v) is 13.5. The first-order chi connectivity index (χ1) is 9.86. The van der Waals surface area contributed by atoms with Crippen molar-refractivity contribution in [3.8, 4) is 6.07 Å². The maximum atomic E-state index is 12.3. The van der Waals surface area contributed by atoms with Crippen molar-refractivity contribution in [2.45, 2.75) is 12.5 Å². The summed E-state index contributed by atoms with van der Waals surface area (Å²) >= 11 is 0. The van der Waals surface area contributed by atoms with Crippen molar-refractivity contribution in [3.05, 3.63) is 35.9 Å². The number of nitrogens with one attached hydrogen (secondary N) is 1. The number of rotatable bonds is 8. The normalized spacial score (nSPS) is 13.3. The van der Waals surface area contributed by atoms with Crippen molar-refractivity contribution in [2.24, 2.45) is 0 Å². The molecule has 1 atom stereocenters. The third-order valence-electron chi connectivity index (χ3n) is 2.99. The third kappa shape index (κ3) is 5.81. The van der Waals surface area contributed by atoms with E-state index in [2.05, 4.69) is 4.72 Å². The molecule has 1 rings (SSSR count). The number of likely N-dealkylation sites (N-methyl/N-ethyl adjacent to an activating group) is 1. The van der Waals surface area contributed by atoms with Gasteiger partial charge in [0.15, 0.2) is 0 Å². The second-order valence-electron chi connectivity index (χ2n) is 5.08. The van der Waals surface area contributed by atoms with Crippen molar-refractivity contribution in [2.75, 3.05) is 34.2 Å². The Balaban J connectivity index is 2.89. The fourth-order valence-electron chi connectivity index (χ4n) is 1.86. The minimum Gasteiger partial charge on any atom is -0.307 e. The third-order valence-corrected chi connectivity index (χ3v) is 4.58. The Morgan fingerprint density at radius 2 is 1.86 bits per heavy atom. The van der Waals surface area contributed by atoms with Gasteiger partial charge in [-0.05, 0) is 19.7 Å². The fourth-order valence-corrected chi connectivity index (χ4v) is 2.94. The molecule has 6 nitrogen and oxygen atoms in total. The molecule has 1 N–H and O–H groups in total. The topological polar surface area (TPSA) is 76.4 Å². The van der Waals surface area contributed by atoms with Crippen LogP contribution in [0.1, 0.15) is 18.0 Å². The van der Waals surface area contributed by atoms with Gasteiger partial charge in [0, 0.05) is 26.6 Å². The standard InChI is InChI=1S/C14H22N4O2S/c1-17(2)12-14(13-8-5-4-6-9-13)16-21(19,20)18(3)11-7-10-15/h4-6,8-9,14,16H,7,11-12H2,1-3H3. The van der Waals surface area contributed by atoms with E-state index in [1.807, 2.05) is 55.4 Å². The molecule has 116 valence electrons. The van der Waals surface area contributed by atoms with E-state index in [0.717, 1.165) is 5.56 Å². The van der Waals surface area contributed by atoms with Crippen LogP contribution in [-0.2, 0) is 10.2 Å². The number of hydrogen-bond donors (Lipinski definition) is 1. The van der Waals surface area contributed by atoms with E-state index in [0.29, 0.717) is 6.54 Å². The van der Waals surface area contributed by atoms with Crippen LogP contribution in [0.15, 0.2) is 30.3 Å². The molecular formula is C14H22N4O2S. The van der Waals surface area contributed by atoms with Crippen molar-refractivity contribution in [3.63, 3.8) is 0 Å². The molecule has 0 aromatic heterocycles. The molecule has 7 heteroatoms. The van der Waals surface area contributed by atoms with E-state index in [1.165, 1.54) is 11.4 Å². The van der Waals surface area contributed by atoms with Crippen LogP contribution in [0.5, 0.6) is 0 Å². The first-order valence-corrected chi connectivity index (χ1v) is 8.11. The van der Waals surface area contributed by atoms with Crippen LogP contribution in [0.25, 0.3) is 0 Å². The molecule has 21 heavy (non-hydrogen) atoms. The quantitative estimate of drug-likeness (QED) is 0.776. The van der Waals surface area contributed by atoms with Gasteiger partial charge in [0.2, 0.25) is 0 Å². The van der Waals surface area contributed by atoms with Crippen LogP contribution in [0, 0.1) is 11.3 Å². The van der Waals surface area contributed by atoms with Gasteiger partial charge in [-0.3, -0.25) is 0 Å². The van der Waals surface area contributed by atoms with Gasteiger partial charge in [-0.2, -0.15) is 22.7 Å². The van der Waals surface area contributed by atoms with E-state index >= 15 is 0 Å². The molecule has 0 heterocycles. The molecule has 0 aliphatic carbocycles. The molecule has 0 saturated carbocycles. The lowest BCUT2D eigenvalue weighted by molar-refractivity contribution is 0.356. The molecule has 0 saturated heterocycles. The summed E-state index contributed by atoms with van der Waals surface area (Å²) in [7, 11) is 1.63. The van der Waals surface area contributed by atoms with Crippen LogP contribution in [-0.4, -0.2) is 51.9 Å². The molecule has 0 bridgehead atoms. The second-order valence-corrected chi connectivity index (χ2v) is 6.89. The predicted octanol–water partition coefficient (Wildman–Crippen LogP) is 0.969. The Kier molecular flexibility index (Phi) is 6.78. The van der Waals surface area contributed by atoms with Gasteiger partial charge in [-0.15, -0.1) is 0 Å². The maximum absolute atomic E-state index is 12.3. The van der Waals surface area contributed by atoms with Gasteiger partial charge in [-0.1, -0.05) is 30.3 Å². The Morgan fingerprint density at radius 3 is 2.38 bits per heavy atom. The highest BCUT2D eigenvalue weighted by Gasteiger charge is 2.23. The minimum atomic E-state index is -3.62. The van der Waals surface area contributed by atoms with Crippen LogP contribution in [0.2, 0.25) is 0 Å². The summed E-state index contributed by atoms with van der Waals surface area (Å²) in [6, 6.07) is 11.1. The summed E-state index contributed by atoms with van der Waals surface area (Å²) in [5.74, 6) is 0. The SMILES string of the molecule is CN(C)CC(NS(=O)(=O)N(C)CCC#N)c1ccccc1. The Labute approximate surface area is 127 Å². The van der Waals surface area contributed by atoms with Gasteiger partial charge in [0.1, 0.15) is 0 Å². The first-order valence-electron chi connectivity index (χ1n) is 6.67. The molecule has 0 aliphatic rings. The summed E-state index contributed by atoms with van der Waals surface area (Å²) < 4.78 is 28.4. The van der Waals surface area contributed by atoms with Crippen molar-refractivity contribution in [1.82, 2.24) is 13.9 Å². The van der Waals surface area contributed by atoms with E-state index in [-0.39, 0.29) is 19.0 Å². The summed E-state index contributed by atoms with van der Waals surface area (Å²) in [6.45, 7) is 0.727. The monoisotopic (exact) mass is 310 g/mol. The summed E-state index contributed by atoms with van der Waals surface area (Å²) in [6.07, 6.45) is 0.168. The highest BCUT2D eigenvalue weighted by atomic mass is 32.2. The zero-order chi connectivity index (χ0) is 15.9.